The van der Waals surface area contributed by atoms with Crippen LogP contribution in [0.2, 0.25) is 5.15 Å². The third-order valence-corrected chi connectivity index (χ3v) is 4.77. The van der Waals surface area contributed by atoms with Crippen LogP contribution in [-0.2, 0) is 16.6 Å². The van der Waals surface area contributed by atoms with Crippen molar-refractivity contribution in [1.82, 2.24) is 9.71 Å². The number of benzene rings is 1. The third kappa shape index (κ3) is 3.97. The summed E-state index contributed by atoms with van der Waals surface area (Å²) in [6, 6.07) is 4.41. The van der Waals surface area contributed by atoms with Crippen LogP contribution in [0.25, 0.3) is 0 Å². The molecule has 0 saturated heterocycles. The van der Waals surface area contributed by atoms with Crippen LogP contribution in [0, 0.1) is 11.6 Å². The van der Waals surface area contributed by atoms with Crippen molar-refractivity contribution >= 4 is 37.6 Å². The van der Waals surface area contributed by atoms with E-state index in [0.29, 0.717) is 4.47 Å². The SMILES string of the molecule is O=S(=O)(NCc1ccc(F)c(F)c1)c1cc(Br)cnc1Cl. The maximum atomic E-state index is 13.0. The summed E-state index contributed by atoms with van der Waals surface area (Å²) in [5.74, 6) is -2.05. The Morgan fingerprint density at radius 3 is 2.62 bits per heavy atom. The summed E-state index contributed by atoms with van der Waals surface area (Å²) in [7, 11) is -3.93. The van der Waals surface area contributed by atoms with Crippen LogP contribution in [0.4, 0.5) is 8.78 Å². The van der Waals surface area contributed by atoms with Gasteiger partial charge in [0.1, 0.15) is 10.0 Å². The number of sulfonamides is 1. The molecule has 1 heterocycles. The van der Waals surface area contributed by atoms with Crippen molar-refractivity contribution < 1.29 is 17.2 Å². The van der Waals surface area contributed by atoms with Gasteiger partial charge in [-0.1, -0.05) is 17.7 Å². The highest BCUT2D eigenvalue weighted by molar-refractivity contribution is 9.10. The minimum absolute atomic E-state index is 0.184. The first-order valence-electron chi connectivity index (χ1n) is 5.54. The fourth-order valence-electron chi connectivity index (χ4n) is 1.50. The van der Waals surface area contributed by atoms with Gasteiger partial charge in [-0.2, -0.15) is 0 Å². The Bertz CT molecular complexity index is 787. The minimum atomic E-state index is -3.93. The van der Waals surface area contributed by atoms with E-state index in [4.69, 9.17) is 11.6 Å². The number of pyridine rings is 1. The van der Waals surface area contributed by atoms with Crippen LogP contribution in [0.5, 0.6) is 0 Å². The summed E-state index contributed by atoms with van der Waals surface area (Å²) in [5, 5.41) is -0.184. The van der Waals surface area contributed by atoms with E-state index < -0.39 is 21.7 Å². The van der Waals surface area contributed by atoms with E-state index in [-0.39, 0.29) is 22.2 Å². The van der Waals surface area contributed by atoms with Gasteiger partial charge in [0.2, 0.25) is 10.0 Å². The van der Waals surface area contributed by atoms with E-state index >= 15 is 0 Å². The Balaban J connectivity index is 2.21. The second kappa shape index (κ2) is 6.35. The smallest absolute Gasteiger partial charge is 0.242 e. The first-order chi connectivity index (χ1) is 9.79. The molecule has 1 N–H and O–H groups in total. The summed E-state index contributed by atoms with van der Waals surface area (Å²) >= 11 is 8.85. The average molecular weight is 398 g/mol. The average Bonchev–Trinajstić information content (AvgIpc) is 2.43. The number of hydrogen-bond acceptors (Lipinski definition) is 3. The Morgan fingerprint density at radius 2 is 1.95 bits per heavy atom. The van der Waals surface area contributed by atoms with Crippen molar-refractivity contribution in [3.05, 3.63) is 57.3 Å². The van der Waals surface area contributed by atoms with E-state index in [9.17, 15) is 17.2 Å². The molecule has 0 unspecified atom stereocenters. The van der Waals surface area contributed by atoms with Gasteiger partial charge in [-0.15, -0.1) is 0 Å². The predicted octanol–water partition coefficient (Wildman–Crippen LogP) is 3.25. The Morgan fingerprint density at radius 1 is 1.24 bits per heavy atom. The standard InChI is InChI=1S/C12H8BrClF2N2O2S/c13-8-4-11(12(14)17-6-8)21(19,20)18-5-7-1-2-9(15)10(16)3-7/h1-4,6,18H,5H2. The topological polar surface area (TPSA) is 59.1 Å². The molecule has 0 amide bonds. The molecular formula is C12H8BrClF2N2O2S. The van der Waals surface area contributed by atoms with Crippen LogP contribution in [0.1, 0.15) is 5.56 Å². The molecule has 0 radical (unpaired) electrons. The minimum Gasteiger partial charge on any atom is -0.242 e. The number of nitrogens with one attached hydrogen (secondary N) is 1. The maximum absolute atomic E-state index is 13.0. The largest absolute Gasteiger partial charge is 0.243 e. The van der Waals surface area contributed by atoms with Crippen molar-refractivity contribution in [2.24, 2.45) is 0 Å². The normalized spacial score (nSPS) is 11.6. The Hall–Kier alpha value is -1.09. The number of rotatable bonds is 4. The van der Waals surface area contributed by atoms with E-state index in [0.717, 1.165) is 12.1 Å². The summed E-state index contributed by atoms with van der Waals surface area (Å²) in [5.41, 5.74) is 0.275. The van der Waals surface area contributed by atoms with Gasteiger partial charge in [0.15, 0.2) is 11.6 Å². The summed E-state index contributed by atoms with van der Waals surface area (Å²) in [6.45, 7) is -0.206. The van der Waals surface area contributed by atoms with Crippen LogP contribution in [-0.4, -0.2) is 13.4 Å². The summed E-state index contributed by atoms with van der Waals surface area (Å²) < 4.78 is 52.7. The van der Waals surface area contributed by atoms with Crippen LogP contribution in [0.15, 0.2) is 39.8 Å². The Labute approximate surface area is 133 Å². The van der Waals surface area contributed by atoms with Gasteiger partial charge < -0.3 is 0 Å². The molecule has 0 bridgehead atoms. The molecule has 9 heteroatoms. The molecular weight excluding hydrogens is 390 g/mol. The van der Waals surface area contributed by atoms with Gasteiger partial charge in [-0.25, -0.2) is 26.9 Å². The zero-order valence-corrected chi connectivity index (χ0v) is 13.4. The molecule has 0 atom stereocenters. The van der Waals surface area contributed by atoms with E-state index in [1.807, 2.05) is 0 Å². The fraction of sp³-hybridized carbons (Fsp3) is 0.0833. The molecule has 0 fully saturated rings. The molecule has 2 rings (SSSR count). The highest BCUT2D eigenvalue weighted by Crippen LogP contribution is 2.22. The van der Waals surface area contributed by atoms with Crippen molar-refractivity contribution in [2.45, 2.75) is 11.4 Å². The molecule has 1 aromatic carbocycles. The van der Waals surface area contributed by atoms with Gasteiger partial charge in [0.05, 0.1) is 0 Å². The van der Waals surface area contributed by atoms with Crippen molar-refractivity contribution in [3.8, 4) is 0 Å². The van der Waals surface area contributed by atoms with Crippen LogP contribution in [0.3, 0.4) is 0 Å². The lowest BCUT2D eigenvalue weighted by molar-refractivity contribution is 0.506. The quantitative estimate of drug-likeness (QED) is 0.806. The first kappa shape index (κ1) is 16.3. The van der Waals surface area contributed by atoms with Crippen molar-refractivity contribution in [3.63, 3.8) is 0 Å². The second-order valence-corrected chi connectivity index (χ2v) is 7.02. The predicted molar refractivity (Wildman–Crippen MR) is 77.3 cm³/mol. The van der Waals surface area contributed by atoms with E-state index in [1.165, 1.54) is 18.3 Å². The second-order valence-electron chi connectivity index (χ2n) is 4.02. The molecule has 0 saturated carbocycles. The molecule has 4 nitrogen and oxygen atoms in total. The molecule has 0 aliphatic heterocycles. The number of halogens is 4. The first-order valence-corrected chi connectivity index (χ1v) is 8.19. The molecule has 112 valence electrons. The monoisotopic (exact) mass is 396 g/mol. The van der Waals surface area contributed by atoms with E-state index in [1.54, 1.807) is 0 Å². The summed E-state index contributed by atoms with van der Waals surface area (Å²) in [6.07, 6.45) is 1.36. The molecule has 2 aromatic rings. The van der Waals surface area contributed by atoms with Gasteiger partial charge in [-0.05, 0) is 39.7 Å². The van der Waals surface area contributed by atoms with Crippen LogP contribution >= 0.6 is 27.5 Å². The number of hydrogen-bond donors (Lipinski definition) is 1. The van der Waals surface area contributed by atoms with Gasteiger partial charge in [-0.3, -0.25) is 0 Å². The number of nitrogens with zero attached hydrogens (tertiary/aromatic N) is 1. The lowest BCUT2D eigenvalue weighted by Crippen LogP contribution is -2.24. The van der Waals surface area contributed by atoms with Gasteiger partial charge in [0.25, 0.3) is 0 Å². The lowest BCUT2D eigenvalue weighted by atomic mass is 10.2. The van der Waals surface area contributed by atoms with Crippen molar-refractivity contribution in [2.75, 3.05) is 0 Å². The molecule has 1 aromatic heterocycles. The number of aromatic nitrogens is 1. The summed E-state index contributed by atoms with van der Waals surface area (Å²) in [4.78, 5) is 3.51. The van der Waals surface area contributed by atoms with Crippen LogP contribution < -0.4 is 4.72 Å². The molecule has 0 spiro atoms. The highest BCUT2D eigenvalue weighted by atomic mass is 79.9. The molecule has 0 aliphatic rings. The zero-order valence-electron chi connectivity index (χ0n) is 10.3. The van der Waals surface area contributed by atoms with E-state index in [2.05, 4.69) is 25.6 Å². The lowest BCUT2D eigenvalue weighted by Gasteiger charge is -2.08. The fourth-order valence-corrected chi connectivity index (χ4v) is 3.46. The third-order valence-electron chi connectivity index (χ3n) is 2.51. The Kier molecular flexibility index (Phi) is 4.92. The van der Waals surface area contributed by atoms with Crippen molar-refractivity contribution in [1.29, 1.82) is 0 Å². The van der Waals surface area contributed by atoms with Gasteiger partial charge in [0, 0.05) is 17.2 Å². The highest BCUT2D eigenvalue weighted by Gasteiger charge is 2.19. The van der Waals surface area contributed by atoms with Gasteiger partial charge >= 0.3 is 0 Å². The maximum Gasteiger partial charge on any atom is 0.243 e. The molecule has 0 aliphatic carbocycles. The zero-order chi connectivity index (χ0) is 15.6. The molecule has 21 heavy (non-hydrogen) atoms.